The summed E-state index contributed by atoms with van der Waals surface area (Å²) in [6.45, 7) is 1.89. The highest BCUT2D eigenvalue weighted by Gasteiger charge is 2.35. The van der Waals surface area contributed by atoms with Gasteiger partial charge in [0.1, 0.15) is 0 Å². The zero-order valence-electron chi connectivity index (χ0n) is 9.03. The molecule has 0 aliphatic heterocycles. The molecular formula is C10H17NO3S. The molecule has 1 fully saturated rings. The fraction of sp³-hybridized carbons (Fsp3) is 0.800. The smallest absolute Gasteiger partial charge is 0.306 e. The van der Waals surface area contributed by atoms with Crippen LogP contribution in [0.2, 0.25) is 0 Å². The van der Waals surface area contributed by atoms with Crippen LogP contribution in [-0.2, 0) is 9.59 Å². The molecule has 1 aliphatic carbocycles. The molecule has 0 spiro atoms. The van der Waals surface area contributed by atoms with Gasteiger partial charge in [-0.15, -0.1) is 0 Å². The van der Waals surface area contributed by atoms with Crippen LogP contribution < -0.4 is 5.32 Å². The SMILES string of the molecule is CSCC(C)C(=O)NC1CC(C(=O)O)C1. The van der Waals surface area contributed by atoms with Gasteiger partial charge in [-0.2, -0.15) is 11.8 Å². The van der Waals surface area contributed by atoms with Gasteiger partial charge in [-0.25, -0.2) is 0 Å². The summed E-state index contributed by atoms with van der Waals surface area (Å²) in [5.41, 5.74) is 0. The minimum Gasteiger partial charge on any atom is -0.481 e. The quantitative estimate of drug-likeness (QED) is 0.739. The van der Waals surface area contributed by atoms with Crippen LogP contribution in [0.1, 0.15) is 19.8 Å². The van der Waals surface area contributed by atoms with E-state index in [4.69, 9.17) is 5.11 Å². The van der Waals surface area contributed by atoms with Crippen molar-refractivity contribution in [1.29, 1.82) is 0 Å². The summed E-state index contributed by atoms with van der Waals surface area (Å²) in [5, 5.41) is 11.5. The predicted molar refractivity (Wildman–Crippen MR) is 59.8 cm³/mol. The van der Waals surface area contributed by atoms with Crippen molar-refractivity contribution in [3.63, 3.8) is 0 Å². The van der Waals surface area contributed by atoms with Gasteiger partial charge in [0.25, 0.3) is 0 Å². The standard InChI is InChI=1S/C10H17NO3S/c1-6(5-15-2)9(12)11-8-3-7(4-8)10(13)14/h6-8H,3-5H2,1-2H3,(H,11,12)(H,13,14). The number of nitrogens with one attached hydrogen (secondary N) is 1. The lowest BCUT2D eigenvalue weighted by atomic mass is 9.80. The molecule has 1 rings (SSSR count). The molecule has 0 radical (unpaired) electrons. The number of hydrogen-bond donors (Lipinski definition) is 2. The van der Waals surface area contributed by atoms with E-state index >= 15 is 0 Å². The van der Waals surface area contributed by atoms with Crippen LogP contribution in [0.5, 0.6) is 0 Å². The first-order valence-electron chi connectivity index (χ1n) is 5.06. The molecule has 1 saturated carbocycles. The number of thioether (sulfide) groups is 1. The van der Waals surface area contributed by atoms with Gasteiger partial charge in [0.15, 0.2) is 0 Å². The summed E-state index contributed by atoms with van der Waals surface area (Å²) < 4.78 is 0. The second kappa shape index (κ2) is 5.39. The Balaban J connectivity index is 2.21. The van der Waals surface area contributed by atoms with E-state index in [1.807, 2.05) is 13.2 Å². The maximum absolute atomic E-state index is 11.5. The molecule has 15 heavy (non-hydrogen) atoms. The average Bonchev–Trinajstić information content (AvgIpc) is 2.09. The number of carboxylic acid groups (broad SMARTS) is 1. The molecule has 1 atom stereocenters. The van der Waals surface area contributed by atoms with Crippen LogP contribution in [0.3, 0.4) is 0 Å². The maximum atomic E-state index is 11.5. The molecule has 86 valence electrons. The van der Waals surface area contributed by atoms with Crippen molar-refractivity contribution in [2.45, 2.75) is 25.8 Å². The summed E-state index contributed by atoms with van der Waals surface area (Å²) >= 11 is 1.64. The second-order valence-corrected chi connectivity index (χ2v) is 4.98. The molecule has 1 aliphatic rings. The fourth-order valence-corrected chi connectivity index (χ4v) is 2.26. The van der Waals surface area contributed by atoms with Gasteiger partial charge in [-0.3, -0.25) is 9.59 Å². The number of rotatable bonds is 5. The Morgan fingerprint density at radius 1 is 1.53 bits per heavy atom. The van der Waals surface area contributed by atoms with Crippen molar-refractivity contribution < 1.29 is 14.7 Å². The number of carbonyl (C=O) groups is 2. The third-order valence-corrected chi connectivity index (χ3v) is 3.53. The van der Waals surface area contributed by atoms with E-state index in [2.05, 4.69) is 5.32 Å². The van der Waals surface area contributed by atoms with Crippen molar-refractivity contribution in [2.24, 2.45) is 11.8 Å². The summed E-state index contributed by atoms with van der Waals surface area (Å²) in [5.74, 6) is -0.160. The first kappa shape index (κ1) is 12.4. The minimum absolute atomic E-state index is 0.00359. The molecule has 1 unspecified atom stereocenters. The first-order chi connectivity index (χ1) is 7.04. The molecule has 4 nitrogen and oxygen atoms in total. The van der Waals surface area contributed by atoms with E-state index in [1.165, 1.54) is 0 Å². The van der Waals surface area contributed by atoms with Crippen LogP contribution in [0.15, 0.2) is 0 Å². The normalized spacial score (nSPS) is 26.5. The largest absolute Gasteiger partial charge is 0.481 e. The molecule has 0 heterocycles. The molecule has 2 N–H and O–H groups in total. The van der Waals surface area contributed by atoms with E-state index in [0.29, 0.717) is 12.8 Å². The highest BCUT2D eigenvalue weighted by Crippen LogP contribution is 2.27. The third-order valence-electron chi connectivity index (χ3n) is 2.70. The van der Waals surface area contributed by atoms with Gasteiger partial charge in [0, 0.05) is 17.7 Å². The predicted octanol–water partition coefficient (Wildman–Crippen LogP) is 0.965. The molecule has 0 saturated heterocycles. The number of amides is 1. The van der Waals surface area contributed by atoms with E-state index in [9.17, 15) is 9.59 Å². The number of aliphatic carboxylic acids is 1. The van der Waals surface area contributed by atoms with Crippen LogP contribution in [-0.4, -0.2) is 35.0 Å². The molecule has 1 amide bonds. The maximum Gasteiger partial charge on any atom is 0.306 e. The monoisotopic (exact) mass is 231 g/mol. The molecule has 0 bridgehead atoms. The van der Waals surface area contributed by atoms with Gasteiger partial charge in [0.05, 0.1) is 5.92 Å². The van der Waals surface area contributed by atoms with Crippen LogP contribution in [0.25, 0.3) is 0 Å². The van der Waals surface area contributed by atoms with Gasteiger partial charge in [0.2, 0.25) is 5.91 Å². The van der Waals surface area contributed by atoms with Crippen molar-refractivity contribution in [2.75, 3.05) is 12.0 Å². The molecule has 5 heteroatoms. The number of carboxylic acids is 1. The van der Waals surface area contributed by atoms with Crippen LogP contribution >= 0.6 is 11.8 Å². The van der Waals surface area contributed by atoms with Gasteiger partial charge >= 0.3 is 5.97 Å². The molecular weight excluding hydrogens is 214 g/mol. The lowest BCUT2D eigenvalue weighted by molar-refractivity contribution is -0.146. The molecule has 0 aromatic heterocycles. The van der Waals surface area contributed by atoms with Gasteiger partial charge in [-0.05, 0) is 19.1 Å². The van der Waals surface area contributed by atoms with Crippen LogP contribution in [0.4, 0.5) is 0 Å². The fourth-order valence-electron chi connectivity index (χ4n) is 1.61. The number of carbonyl (C=O) groups excluding carboxylic acids is 1. The van der Waals surface area contributed by atoms with Crippen LogP contribution in [0, 0.1) is 11.8 Å². The highest BCUT2D eigenvalue weighted by atomic mass is 32.2. The van der Waals surface area contributed by atoms with Crippen molar-refractivity contribution in [1.82, 2.24) is 5.32 Å². The Kier molecular flexibility index (Phi) is 4.45. The van der Waals surface area contributed by atoms with E-state index in [1.54, 1.807) is 11.8 Å². The average molecular weight is 231 g/mol. The van der Waals surface area contributed by atoms with E-state index in [-0.39, 0.29) is 23.8 Å². The lowest BCUT2D eigenvalue weighted by Crippen LogP contribution is -2.48. The Hall–Kier alpha value is -0.710. The molecule has 0 aromatic rings. The second-order valence-electron chi connectivity index (χ2n) is 4.07. The van der Waals surface area contributed by atoms with Crippen molar-refractivity contribution >= 4 is 23.6 Å². The Bertz CT molecular complexity index is 251. The summed E-state index contributed by atoms with van der Waals surface area (Å²) in [4.78, 5) is 22.1. The third kappa shape index (κ3) is 3.41. The van der Waals surface area contributed by atoms with Crippen molar-refractivity contribution in [3.8, 4) is 0 Å². The van der Waals surface area contributed by atoms with E-state index in [0.717, 1.165) is 5.75 Å². The van der Waals surface area contributed by atoms with E-state index < -0.39 is 5.97 Å². The highest BCUT2D eigenvalue weighted by molar-refractivity contribution is 7.98. The minimum atomic E-state index is -0.752. The molecule has 0 aromatic carbocycles. The summed E-state index contributed by atoms with van der Waals surface area (Å²) in [7, 11) is 0. The Morgan fingerprint density at radius 2 is 2.13 bits per heavy atom. The zero-order chi connectivity index (χ0) is 11.4. The van der Waals surface area contributed by atoms with Gasteiger partial charge in [-0.1, -0.05) is 6.92 Å². The topological polar surface area (TPSA) is 66.4 Å². The van der Waals surface area contributed by atoms with Crippen molar-refractivity contribution in [3.05, 3.63) is 0 Å². The Morgan fingerprint density at radius 3 is 2.60 bits per heavy atom. The lowest BCUT2D eigenvalue weighted by Gasteiger charge is -2.33. The summed E-state index contributed by atoms with van der Waals surface area (Å²) in [6.07, 6.45) is 3.12. The van der Waals surface area contributed by atoms with Gasteiger partial charge < -0.3 is 10.4 Å². The first-order valence-corrected chi connectivity index (χ1v) is 6.46. The Labute approximate surface area is 93.8 Å². The zero-order valence-corrected chi connectivity index (χ0v) is 9.84. The number of hydrogen-bond acceptors (Lipinski definition) is 3. The summed E-state index contributed by atoms with van der Waals surface area (Å²) in [6, 6.07) is 0.0721.